The van der Waals surface area contributed by atoms with Gasteiger partial charge in [0.2, 0.25) is 10.0 Å². The van der Waals surface area contributed by atoms with Crippen molar-refractivity contribution in [1.82, 2.24) is 9.78 Å². The number of primary sulfonamides is 1. The number of carbonyl (C=O) groups excluding carboxylic acids is 1. The van der Waals surface area contributed by atoms with Gasteiger partial charge in [-0.2, -0.15) is 18.3 Å². The van der Waals surface area contributed by atoms with E-state index in [9.17, 15) is 31.2 Å². The third-order valence-corrected chi connectivity index (χ3v) is 5.39. The van der Waals surface area contributed by atoms with Crippen molar-refractivity contribution in [2.24, 2.45) is 5.14 Å². The van der Waals surface area contributed by atoms with Gasteiger partial charge in [-0.25, -0.2) is 18.2 Å². The van der Waals surface area contributed by atoms with Crippen LogP contribution in [0.15, 0.2) is 59.5 Å². The molecule has 3 rings (SSSR count). The highest BCUT2D eigenvalue weighted by Gasteiger charge is 2.35. The van der Waals surface area contributed by atoms with Gasteiger partial charge >= 0.3 is 12.1 Å². The Balaban J connectivity index is 2.09. The fourth-order valence-corrected chi connectivity index (χ4v) is 3.43. The van der Waals surface area contributed by atoms with E-state index in [1.807, 2.05) is 0 Å². The number of nitrogens with two attached hydrogens (primary N) is 1. The van der Waals surface area contributed by atoms with Gasteiger partial charge in [-0.05, 0) is 36.4 Å². The number of Topliss-reactive ketones (excluding diaryl/α,β-unsaturated/α-hetero) is 1. The third-order valence-electron chi connectivity index (χ3n) is 4.46. The summed E-state index contributed by atoms with van der Waals surface area (Å²) in [6.07, 6.45) is -5.40. The molecule has 0 aliphatic heterocycles. The Labute approximate surface area is 180 Å². The minimum Gasteiger partial charge on any atom is -0.481 e. The van der Waals surface area contributed by atoms with Crippen molar-refractivity contribution >= 4 is 21.8 Å². The standard InChI is InChI=1S/C20H16F3N3O5S/c21-20(22,23)18-11-16(12-2-1-3-13(10-12)17(27)8-9-19(28)29)26(25-18)14-4-6-15(7-5-14)32(24,30)31/h1-7,10-11H,8-9H2,(H,28,29)(H2,24,30,31). The first kappa shape index (κ1) is 23.2. The number of alkyl halides is 3. The van der Waals surface area contributed by atoms with E-state index in [2.05, 4.69) is 5.10 Å². The maximum atomic E-state index is 13.3. The van der Waals surface area contributed by atoms with Crippen molar-refractivity contribution in [3.8, 4) is 16.9 Å². The largest absolute Gasteiger partial charge is 0.481 e. The highest BCUT2D eigenvalue weighted by molar-refractivity contribution is 7.89. The number of carboxylic acid groups (broad SMARTS) is 1. The molecule has 0 amide bonds. The van der Waals surface area contributed by atoms with Crippen LogP contribution in [0.5, 0.6) is 0 Å². The van der Waals surface area contributed by atoms with Crippen LogP contribution in [0.25, 0.3) is 16.9 Å². The number of sulfonamides is 1. The number of benzene rings is 2. The van der Waals surface area contributed by atoms with E-state index in [1.54, 1.807) is 0 Å². The molecular weight excluding hydrogens is 451 g/mol. The van der Waals surface area contributed by atoms with Crippen LogP contribution in [0, 0.1) is 0 Å². The van der Waals surface area contributed by atoms with Crippen LogP contribution < -0.4 is 5.14 Å². The van der Waals surface area contributed by atoms with Crippen molar-refractivity contribution in [3.63, 3.8) is 0 Å². The summed E-state index contributed by atoms with van der Waals surface area (Å²) in [6, 6.07) is 11.3. The lowest BCUT2D eigenvalue weighted by Crippen LogP contribution is -2.12. The number of hydrogen-bond acceptors (Lipinski definition) is 5. The zero-order valence-corrected chi connectivity index (χ0v) is 17.0. The predicted molar refractivity (Wildman–Crippen MR) is 107 cm³/mol. The van der Waals surface area contributed by atoms with Crippen LogP contribution in [0.2, 0.25) is 0 Å². The van der Waals surface area contributed by atoms with Crippen LogP contribution in [0.1, 0.15) is 28.9 Å². The molecule has 0 saturated carbocycles. The second-order valence-corrected chi connectivity index (χ2v) is 8.32. The minimum atomic E-state index is -4.75. The van der Waals surface area contributed by atoms with Gasteiger partial charge in [0.15, 0.2) is 11.5 Å². The van der Waals surface area contributed by atoms with Gasteiger partial charge in [0, 0.05) is 17.5 Å². The van der Waals surface area contributed by atoms with Gasteiger partial charge in [0.1, 0.15) is 0 Å². The number of hydrogen-bond donors (Lipinski definition) is 2. The van der Waals surface area contributed by atoms with Gasteiger partial charge in [-0.15, -0.1) is 0 Å². The van der Waals surface area contributed by atoms with Gasteiger partial charge in [-0.1, -0.05) is 18.2 Å². The van der Waals surface area contributed by atoms with E-state index in [1.165, 1.54) is 36.4 Å². The lowest BCUT2D eigenvalue weighted by atomic mass is 10.0. The molecule has 2 aromatic carbocycles. The fraction of sp³-hybridized carbons (Fsp3) is 0.150. The summed E-state index contributed by atoms with van der Waals surface area (Å²) < 4.78 is 63.9. The van der Waals surface area contributed by atoms with Crippen molar-refractivity contribution in [1.29, 1.82) is 0 Å². The third kappa shape index (κ3) is 5.21. The van der Waals surface area contributed by atoms with E-state index in [0.29, 0.717) is 0 Å². The SMILES string of the molecule is NS(=O)(=O)c1ccc(-n2nc(C(F)(F)F)cc2-c2cccc(C(=O)CCC(=O)O)c2)cc1. The number of ketones is 1. The molecule has 1 heterocycles. The first-order chi connectivity index (χ1) is 14.9. The molecular formula is C20H16F3N3O5S. The second-order valence-electron chi connectivity index (χ2n) is 6.76. The molecule has 1 aromatic heterocycles. The quantitative estimate of drug-likeness (QED) is 0.513. The summed E-state index contributed by atoms with van der Waals surface area (Å²) in [6.45, 7) is 0. The molecule has 8 nitrogen and oxygen atoms in total. The van der Waals surface area contributed by atoms with E-state index in [4.69, 9.17) is 10.2 Å². The topological polar surface area (TPSA) is 132 Å². The zero-order valence-electron chi connectivity index (χ0n) is 16.2. The number of aromatic nitrogens is 2. The number of carbonyl (C=O) groups is 2. The maximum absolute atomic E-state index is 13.3. The molecule has 0 atom stereocenters. The monoisotopic (exact) mass is 467 g/mol. The van der Waals surface area contributed by atoms with Gasteiger partial charge in [0.05, 0.1) is 22.7 Å². The molecule has 0 aliphatic carbocycles. The summed E-state index contributed by atoms with van der Waals surface area (Å²) in [5.41, 5.74) is -0.705. The number of carboxylic acids is 1. The summed E-state index contributed by atoms with van der Waals surface area (Å²) in [5.74, 6) is -1.63. The highest BCUT2D eigenvalue weighted by atomic mass is 32.2. The lowest BCUT2D eigenvalue weighted by Gasteiger charge is -2.09. The lowest BCUT2D eigenvalue weighted by molar-refractivity contribution is -0.141. The Kier molecular flexibility index (Phi) is 6.19. The molecule has 3 N–H and O–H groups in total. The second kappa shape index (κ2) is 8.55. The Morgan fingerprint density at radius 1 is 1.03 bits per heavy atom. The first-order valence-electron chi connectivity index (χ1n) is 9.02. The van der Waals surface area contributed by atoms with E-state index in [0.717, 1.165) is 22.9 Å². The maximum Gasteiger partial charge on any atom is 0.435 e. The molecule has 168 valence electrons. The molecule has 0 fully saturated rings. The smallest absolute Gasteiger partial charge is 0.435 e. The van der Waals surface area contributed by atoms with Gasteiger partial charge in [0.25, 0.3) is 0 Å². The van der Waals surface area contributed by atoms with Crippen molar-refractivity contribution in [3.05, 3.63) is 65.9 Å². The Morgan fingerprint density at radius 2 is 1.69 bits per heavy atom. The number of nitrogens with zero attached hydrogens (tertiary/aromatic N) is 2. The van der Waals surface area contributed by atoms with E-state index >= 15 is 0 Å². The Hall–Kier alpha value is -3.51. The summed E-state index contributed by atoms with van der Waals surface area (Å²) >= 11 is 0. The average Bonchev–Trinajstić information content (AvgIpc) is 3.17. The molecule has 0 bridgehead atoms. The Bertz CT molecular complexity index is 1280. The number of rotatable bonds is 7. The number of aliphatic carboxylic acids is 1. The molecule has 3 aromatic rings. The minimum absolute atomic E-state index is 0.00596. The Morgan fingerprint density at radius 3 is 2.25 bits per heavy atom. The molecule has 0 radical (unpaired) electrons. The molecule has 0 saturated heterocycles. The van der Waals surface area contributed by atoms with E-state index in [-0.39, 0.29) is 40.2 Å². The molecule has 0 spiro atoms. The fourth-order valence-electron chi connectivity index (χ4n) is 2.92. The van der Waals surface area contributed by atoms with Crippen LogP contribution in [-0.4, -0.2) is 35.1 Å². The van der Waals surface area contributed by atoms with Crippen LogP contribution in [0.3, 0.4) is 0 Å². The van der Waals surface area contributed by atoms with Crippen molar-refractivity contribution in [2.45, 2.75) is 23.9 Å². The van der Waals surface area contributed by atoms with Gasteiger partial charge < -0.3 is 5.11 Å². The summed E-state index contributed by atoms with van der Waals surface area (Å²) in [5, 5.41) is 17.4. The molecule has 0 aliphatic rings. The average molecular weight is 467 g/mol. The van der Waals surface area contributed by atoms with Crippen LogP contribution in [-0.2, 0) is 21.0 Å². The molecule has 12 heteroatoms. The predicted octanol–water partition coefficient (Wildman–Crippen LogP) is 3.25. The van der Waals surface area contributed by atoms with Crippen LogP contribution in [0.4, 0.5) is 13.2 Å². The zero-order chi connectivity index (χ0) is 23.7. The highest BCUT2D eigenvalue weighted by Crippen LogP contribution is 2.33. The normalized spacial score (nSPS) is 12.0. The first-order valence-corrected chi connectivity index (χ1v) is 10.6. The van der Waals surface area contributed by atoms with Gasteiger partial charge in [-0.3, -0.25) is 9.59 Å². The van der Waals surface area contributed by atoms with E-state index < -0.39 is 33.6 Å². The number of halogens is 3. The van der Waals surface area contributed by atoms with Crippen molar-refractivity contribution in [2.75, 3.05) is 0 Å². The van der Waals surface area contributed by atoms with Crippen molar-refractivity contribution < 1.29 is 36.3 Å². The van der Waals surface area contributed by atoms with Crippen LogP contribution >= 0.6 is 0 Å². The summed E-state index contributed by atoms with van der Waals surface area (Å²) in [7, 11) is -4.00. The molecule has 32 heavy (non-hydrogen) atoms. The molecule has 0 unspecified atom stereocenters. The summed E-state index contributed by atoms with van der Waals surface area (Å²) in [4.78, 5) is 22.7.